The van der Waals surface area contributed by atoms with Crippen LogP contribution in [0.25, 0.3) is 10.9 Å². The first kappa shape index (κ1) is 16.4. The Bertz CT molecular complexity index is 1000. The van der Waals surface area contributed by atoms with Gasteiger partial charge in [0.1, 0.15) is 5.82 Å². The first-order chi connectivity index (χ1) is 12.5. The average Bonchev–Trinajstić information content (AvgIpc) is 2.60. The normalized spacial score (nSPS) is 14.3. The zero-order chi connectivity index (χ0) is 18.3. The molecule has 1 fully saturated rings. The van der Waals surface area contributed by atoms with Crippen LogP contribution in [0.2, 0.25) is 0 Å². The fourth-order valence-electron chi connectivity index (χ4n) is 3.06. The number of anilines is 1. The molecule has 1 aliphatic rings. The van der Waals surface area contributed by atoms with E-state index in [0.29, 0.717) is 24.5 Å². The Morgan fingerprint density at radius 2 is 2.00 bits per heavy atom. The predicted octanol–water partition coefficient (Wildman–Crippen LogP) is 2.40. The summed E-state index contributed by atoms with van der Waals surface area (Å²) in [4.78, 5) is 18.3. The first-order valence-corrected chi connectivity index (χ1v) is 8.43. The molecule has 1 saturated heterocycles. The zero-order valence-corrected chi connectivity index (χ0v) is 14.5. The monoisotopic (exact) mass is 351 g/mol. The van der Waals surface area contributed by atoms with Gasteiger partial charge in [0.05, 0.1) is 17.3 Å². The van der Waals surface area contributed by atoms with E-state index in [4.69, 9.17) is 0 Å². The standard InChI is InChI=1S/C19H18FN5O/c1-11-12(2)23-24-16-7-6-13(8-15(11)16)19(26)21-14-9-25(10-14)18-5-3-4-17(20)22-18/h3-8,14H,9-10H2,1-2H3,(H,21,26). The molecule has 4 rings (SSSR count). The van der Waals surface area contributed by atoms with Crippen LogP contribution in [0.15, 0.2) is 36.4 Å². The molecule has 3 heterocycles. The molecule has 0 bridgehead atoms. The predicted molar refractivity (Wildman–Crippen MR) is 96.7 cm³/mol. The van der Waals surface area contributed by atoms with E-state index in [1.807, 2.05) is 30.9 Å². The minimum atomic E-state index is -0.500. The number of halogens is 1. The van der Waals surface area contributed by atoms with Gasteiger partial charge in [0, 0.05) is 24.0 Å². The van der Waals surface area contributed by atoms with Crippen molar-refractivity contribution in [2.24, 2.45) is 0 Å². The Hall–Kier alpha value is -3.09. The highest BCUT2D eigenvalue weighted by atomic mass is 19.1. The fourth-order valence-corrected chi connectivity index (χ4v) is 3.06. The van der Waals surface area contributed by atoms with Crippen LogP contribution in [-0.4, -0.2) is 40.2 Å². The van der Waals surface area contributed by atoms with Gasteiger partial charge in [0.2, 0.25) is 5.95 Å². The molecule has 6 nitrogen and oxygen atoms in total. The Balaban J connectivity index is 1.45. The summed E-state index contributed by atoms with van der Waals surface area (Å²) >= 11 is 0. The molecule has 1 aromatic carbocycles. The van der Waals surface area contributed by atoms with Crippen molar-refractivity contribution in [1.29, 1.82) is 0 Å². The maximum absolute atomic E-state index is 13.2. The van der Waals surface area contributed by atoms with Crippen LogP contribution in [0, 0.1) is 19.8 Å². The first-order valence-electron chi connectivity index (χ1n) is 8.43. The van der Waals surface area contributed by atoms with Crippen molar-refractivity contribution in [2.75, 3.05) is 18.0 Å². The van der Waals surface area contributed by atoms with E-state index >= 15 is 0 Å². The van der Waals surface area contributed by atoms with Crippen molar-refractivity contribution in [2.45, 2.75) is 19.9 Å². The molecule has 132 valence electrons. The van der Waals surface area contributed by atoms with Crippen molar-refractivity contribution >= 4 is 22.6 Å². The molecule has 0 spiro atoms. The van der Waals surface area contributed by atoms with Gasteiger partial charge in [-0.3, -0.25) is 4.79 Å². The third-order valence-corrected chi connectivity index (χ3v) is 4.75. The molecular formula is C19H18FN5O. The molecule has 0 atom stereocenters. The van der Waals surface area contributed by atoms with Gasteiger partial charge in [0.25, 0.3) is 5.91 Å². The third kappa shape index (κ3) is 2.96. The van der Waals surface area contributed by atoms with Gasteiger partial charge < -0.3 is 10.2 Å². The number of nitrogens with one attached hydrogen (secondary N) is 1. The van der Waals surface area contributed by atoms with Crippen LogP contribution < -0.4 is 10.2 Å². The number of benzene rings is 1. The van der Waals surface area contributed by atoms with E-state index in [2.05, 4.69) is 20.5 Å². The molecule has 0 radical (unpaired) electrons. The summed E-state index contributed by atoms with van der Waals surface area (Å²) in [7, 11) is 0. The number of hydrogen-bond donors (Lipinski definition) is 1. The smallest absolute Gasteiger partial charge is 0.251 e. The van der Waals surface area contributed by atoms with Gasteiger partial charge in [-0.15, -0.1) is 0 Å². The second kappa shape index (κ2) is 6.33. The van der Waals surface area contributed by atoms with Crippen LogP contribution in [0.1, 0.15) is 21.6 Å². The lowest BCUT2D eigenvalue weighted by Gasteiger charge is -2.40. The van der Waals surface area contributed by atoms with Crippen LogP contribution in [0.3, 0.4) is 0 Å². The van der Waals surface area contributed by atoms with E-state index in [1.54, 1.807) is 18.2 Å². The number of hydrogen-bond acceptors (Lipinski definition) is 5. The van der Waals surface area contributed by atoms with Gasteiger partial charge in [-0.25, -0.2) is 4.98 Å². The largest absolute Gasteiger partial charge is 0.352 e. The molecule has 1 aliphatic heterocycles. The van der Waals surface area contributed by atoms with Crippen molar-refractivity contribution in [1.82, 2.24) is 20.5 Å². The summed E-state index contributed by atoms with van der Waals surface area (Å²) < 4.78 is 13.2. The number of aryl methyl sites for hydroxylation is 2. The van der Waals surface area contributed by atoms with Crippen molar-refractivity contribution < 1.29 is 9.18 Å². The lowest BCUT2D eigenvalue weighted by Crippen LogP contribution is -2.59. The summed E-state index contributed by atoms with van der Waals surface area (Å²) in [5.41, 5.74) is 3.25. The fraction of sp³-hybridized carbons (Fsp3) is 0.263. The molecule has 0 aliphatic carbocycles. The van der Waals surface area contributed by atoms with Crippen LogP contribution in [0.4, 0.5) is 10.2 Å². The molecule has 2 aromatic heterocycles. The van der Waals surface area contributed by atoms with Gasteiger partial charge in [0.15, 0.2) is 0 Å². The van der Waals surface area contributed by atoms with E-state index in [-0.39, 0.29) is 11.9 Å². The minimum Gasteiger partial charge on any atom is -0.352 e. The minimum absolute atomic E-state index is 0.0154. The summed E-state index contributed by atoms with van der Waals surface area (Å²) in [6.45, 7) is 5.10. The van der Waals surface area contributed by atoms with Crippen LogP contribution >= 0.6 is 0 Å². The summed E-state index contributed by atoms with van der Waals surface area (Å²) in [6.07, 6.45) is 0. The molecule has 0 saturated carbocycles. The Morgan fingerprint density at radius 3 is 2.77 bits per heavy atom. The maximum Gasteiger partial charge on any atom is 0.251 e. The Morgan fingerprint density at radius 1 is 1.19 bits per heavy atom. The maximum atomic E-state index is 13.2. The molecule has 7 heteroatoms. The van der Waals surface area contributed by atoms with Crippen LogP contribution in [-0.2, 0) is 0 Å². The lowest BCUT2D eigenvalue weighted by atomic mass is 10.0. The van der Waals surface area contributed by atoms with Gasteiger partial charge in [-0.1, -0.05) is 6.07 Å². The summed E-state index contributed by atoms with van der Waals surface area (Å²) in [6, 6.07) is 10.1. The van der Waals surface area contributed by atoms with E-state index in [0.717, 1.165) is 22.2 Å². The zero-order valence-electron chi connectivity index (χ0n) is 14.5. The van der Waals surface area contributed by atoms with Crippen molar-refractivity contribution in [3.8, 4) is 0 Å². The van der Waals surface area contributed by atoms with E-state index < -0.39 is 5.95 Å². The Labute approximate surface area is 150 Å². The number of amides is 1. The van der Waals surface area contributed by atoms with E-state index in [1.165, 1.54) is 6.07 Å². The second-order valence-electron chi connectivity index (χ2n) is 6.54. The topological polar surface area (TPSA) is 71.0 Å². The highest BCUT2D eigenvalue weighted by molar-refractivity contribution is 5.98. The molecule has 26 heavy (non-hydrogen) atoms. The van der Waals surface area contributed by atoms with Gasteiger partial charge in [-0.2, -0.15) is 14.6 Å². The molecule has 3 aromatic rings. The van der Waals surface area contributed by atoms with Gasteiger partial charge in [-0.05, 0) is 49.7 Å². The third-order valence-electron chi connectivity index (χ3n) is 4.75. The highest BCUT2D eigenvalue weighted by Crippen LogP contribution is 2.21. The molecule has 1 amide bonds. The molecule has 0 unspecified atom stereocenters. The van der Waals surface area contributed by atoms with Crippen molar-refractivity contribution in [3.63, 3.8) is 0 Å². The van der Waals surface area contributed by atoms with E-state index in [9.17, 15) is 9.18 Å². The van der Waals surface area contributed by atoms with Gasteiger partial charge >= 0.3 is 0 Å². The number of rotatable bonds is 3. The quantitative estimate of drug-likeness (QED) is 0.734. The summed E-state index contributed by atoms with van der Waals surface area (Å²) in [5, 5.41) is 12.2. The second-order valence-corrected chi connectivity index (χ2v) is 6.54. The number of carbonyl (C=O) groups is 1. The van der Waals surface area contributed by atoms with Crippen molar-refractivity contribution in [3.05, 3.63) is 59.2 Å². The molecular weight excluding hydrogens is 333 g/mol. The number of pyridine rings is 1. The number of fused-ring (bicyclic) bond motifs is 1. The number of carbonyl (C=O) groups excluding carboxylic acids is 1. The Kier molecular flexibility index (Phi) is 3.99. The summed E-state index contributed by atoms with van der Waals surface area (Å²) in [5.74, 6) is -0.0385. The SMILES string of the molecule is Cc1nnc2ccc(C(=O)NC3CN(c4cccc(F)n4)C3)cc2c1C. The lowest BCUT2D eigenvalue weighted by molar-refractivity contribution is 0.0930. The number of nitrogens with zero attached hydrogens (tertiary/aromatic N) is 4. The highest BCUT2D eigenvalue weighted by Gasteiger charge is 2.29. The van der Waals surface area contributed by atoms with Crippen LogP contribution in [0.5, 0.6) is 0 Å². The average molecular weight is 351 g/mol. The molecule has 1 N–H and O–H groups in total. The number of aromatic nitrogens is 3.